The summed E-state index contributed by atoms with van der Waals surface area (Å²) in [4.78, 5) is 15.2. The van der Waals surface area contributed by atoms with Gasteiger partial charge in [0.05, 0.1) is 16.1 Å². The molecule has 4 aromatic carbocycles. The second kappa shape index (κ2) is 13.0. The molecule has 6 aromatic rings. The normalized spacial score (nSPS) is 12.0. The maximum atomic E-state index is 15.8. The largest absolute Gasteiger partial charge is 0.481 e. The molecule has 48 heavy (non-hydrogen) atoms. The van der Waals surface area contributed by atoms with E-state index in [1.165, 1.54) is 29.7 Å². The third-order valence-electron chi connectivity index (χ3n) is 7.68. The smallest absolute Gasteiger partial charge is 0.303 e. The van der Waals surface area contributed by atoms with Crippen LogP contribution in [-0.4, -0.2) is 43.1 Å². The van der Waals surface area contributed by atoms with Gasteiger partial charge in [-0.3, -0.25) is 4.79 Å². The molecule has 246 valence electrons. The van der Waals surface area contributed by atoms with Crippen LogP contribution >= 0.6 is 11.3 Å². The quantitative estimate of drug-likeness (QED) is 0.149. The van der Waals surface area contributed by atoms with Gasteiger partial charge in [0.1, 0.15) is 15.7 Å². The van der Waals surface area contributed by atoms with E-state index in [0.29, 0.717) is 29.0 Å². The standard InChI is InChI=1S/C35H29FN2O7S3/c1-22-7-3-4-12-31(22)48(43,44)38-16-15-28-30(38)20-29(36)33(34(28)47(2,41)42)45-27-11-6-10-25(19-27)35-37-26(21-46-35)18-24-9-5-8-23(17-24)13-14-32(39)40/h3-12,15-17,19-21H,13-14,18H2,1-2H3,(H,39,40). The number of hydrogen-bond donors (Lipinski definition) is 1. The Labute approximate surface area is 280 Å². The molecule has 0 unspecified atom stereocenters. The van der Waals surface area contributed by atoms with E-state index in [1.807, 2.05) is 29.6 Å². The third kappa shape index (κ3) is 6.75. The second-order valence-electron chi connectivity index (χ2n) is 11.3. The summed E-state index contributed by atoms with van der Waals surface area (Å²) < 4.78 is 75.9. The Morgan fingerprint density at radius 1 is 0.958 bits per heavy atom. The number of aromatic nitrogens is 2. The molecule has 0 amide bonds. The zero-order chi connectivity index (χ0) is 34.2. The van der Waals surface area contributed by atoms with Gasteiger partial charge in [-0.25, -0.2) is 30.2 Å². The lowest BCUT2D eigenvalue weighted by Gasteiger charge is -2.15. The van der Waals surface area contributed by atoms with Crippen LogP contribution in [0.25, 0.3) is 21.5 Å². The molecule has 0 saturated carbocycles. The van der Waals surface area contributed by atoms with Crippen molar-refractivity contribution in [2.45, 2.75) is 36.0 Å². The number of carboxylic acid groups (broad SMARTS) is 1. The Balaban J connectivity index is 1.31. The predicted molar refractivity (Wildman–Crippen MR) is 182 cm³/mol. The van der Waals surface area contributed by atoms with Crippen LogP contribution in [0.1, 0.15) is 28.8 Å². The molecule has 13 heteroatoms. The lowest BCUT2D eigenvalue weighted by Crippen LogP contribution is -2.13. The summed E-state index contributed by atoms with van der Waals surface area (Å²) in [5.41, 5.74) is 3.73. The number of aliphatic carboxylic acids is 1. The van der Waals surface area contributed by atoms with Gasteiger partial charge in [-0.2, -0.15) is 0 Å². The number of thiazole rings is 1. The fourth-order valence-corrected chi connectivity index (χ4v) is 8.92. The lowest BCUT2D eigenvalue weighted by atomic mass is 10.0. The highest BCUT2D eigenvalue weighted by atomic mass is 32.2. The van der Waals surface area contributed by atoms with Crippen molar-refractivity contribution < 1.29 is 35.9 Å². The van der Waals surface area contributed by atoms with Crippen molar-refractivity contribution in [3.8, 4) is 22.1 Å². The van der Waals surface area contributed by atoms with Crippen molar-refractivity contribution in [2.24, 2.45) is 0 Å². The first-order valence-electron chi connectivity index (χ1n) is 14.7. The van der Waals surface area contributed by atoms with Gasteiger partial charge in [-0.15, -0.1) is 11.3 Å². The van der Waals surface area contributed by atoms with Crippen LogP contribution in [0.3, 0.4) is 0 Å². The Kier molecular flexibility index (Phi) is 8.94. The zero-order valence-electron chi connectivity index (χ0n) is 25.8. The van der Waals surface area contributed by atoms with Crippen LogP contribution < -0.4 is 4.74 Å². The monoisotopic (exact) mass is 704 g/mol. The highest BCUT2D eigenvalue weighted by Crippen LogP contribution is 2.40. The van der Waals surface area contributed by atoms with Gasteiger partial charge >= 0.3 is 5.97 Å². The highest BCUT2D eigenvalue weighted by Gasteiger charge is 2.29. The maximum absolute atomic E-state index is 15.8. The summed E-state index contributed by atoms with van der Waals surface area (Å²) in [7, 11) is -8.30. The molecule has 2 heterocycles. The Bertz CT molecular complexity index is 2420. The lowest BCUT2D eigenvalue weighted by molar-refractivity contribution is -0.136. The number of carboxylic acids is 1. The highest BCUT2D eigenvalue weighted by molar-refractivity contribution is 7.91. The van der Waals surface area contributed by atoms with Gasteiger partial charge in [-0.1, -0.05) is 54.6 Å². The van der Waals surface area contributed by atoms with Crippen molar-refractivity contribution in [1.82, 2.24) is 8.96 Å². The van der Waals surface area contributed by atoms with Gasteiger partial charge in [0.2, 0.25) is 0 Å². The molecule has 0 aliphatic carbocycles. The minimum Gasteiger partial charge on any atom is -0.481 e. The summed E-state index contributed by atoms with van der Waals surface area (Å²) in [6.07, 6.45) is 3.14. The van der Waals surface area contributed by atoms with Crippen LogP contribution in [-0.2, 0) is 37.5 Å². The van der Waals surface area contributed by atoms with E-state index >= 15 is 4.39 Å². The fraction of sp³-hybridized carbons (Fsp3) is 0.143. The minimum absolute atomic E-state index is 0.00110. The summed E-state index contributed by atoms with van der Waals surface area (Å²) in [5.74, 6) is -2.29. The fourth-order valence-electron chi connectivity index (χ4n) is 5.49. The Morgan fingerprint density at radius 2 is 1.71 bits per heavy atom. The number of nitrogens with zero attached hydrogens (tertiary/aromatic N) is 2. The van der Waals surface area contributed by atoms with E-state index in [4.69, 9.17) is 14.8 Å². The van der Waals surface area contributed by atoms with Crippen LogP contribution in [0.5, 0.6) is 11.5 Å². The topological polar surface area (TPSA) is 133 Å². The number of benzene rings is 4. The maximum Gasteiger partial charge on any atom is 0.303 e. The van der Waals surface area contributed by atoms with Gasteiger partial charge < -0.3 is 9.84 Å². The van der Waals surface area contributed by atoms with Gasteiger partial charge in [-0.05, 0) is 54.3 Å². The van der Waals surface area contributed by atoms with Crippen molar-refractivity contribution >= 4 is 48.1 Å². The third-order valence-corrected chi connectivity index (χ3v) is 11.6. The molecular formula is C35H29FN2O7S3. The number of fused-ring (bicyclic) bond motifs is 1. The van der Waals surface area contributed by atoms with E-state index in [1.54, 1.807) is 49.4 Å². The van der Waals surface area contributed by atoms with Crippen LogP contribution in [0.4, 0.5) is 4.39 Å². The van der Waals surface area contributed by atoms with Crippen molar-refractivity contribution in [1.29, 1.82) is 0 Å². The molecule has 2 aromatic heterocycles. The summed E-state index contributed by atoms with van der Waals surface area (Å²) in [6, 6.07) is 23.0. The number of sulfone groups is 1. The van der Waals surface area contributed by atoms with Crippen LogP contribution in [0.2, 0.25) is 0 Å². The van der Waals surface area contributed by atoms with Crippen molar-refractivity contribution in [3.63, 3.8) is 0 Å². The number of hydrogen-bond acceptors (Lipinski definition) is 8. The second-order valence-corrected chi connectivity index (χ2v) is 15.9. The molecule has 0 aliphatic heterocycles. The Morgan fingerprint density at radius 3 is 2.46 bits per heavy atom. The van der Waals surface area contributed by atoms with Gasteiger partial charge in [0, 0.05) is 47.7 Å². The van der Waals surface area contributed by atoms with Crippen molar-refractivity contribution in [2.75, 3.05) is 6.26 Å². The molecule has 0 radical (unpaired) electrons. The van der Waals surface area contributed by atoms with Gasteiger partial charge in [0.25, 0.3) is 10.0 Å². The summed E-state index contributed by atoms with van der Waals surface area (Å²) in [6.45, 7) is 1.64. The first kappa shape index (κ1) is 33.1. The van der Waals surface area contributed by atoms with Gasteiger partial charge in [0.15, 0.2) is 21.4 Å². The molecule has 0 bridgehead atoms. The molecule has 0 fully saturated rings. The molecule has 0 saturated heterocycles. The molecule has 9 nitrogen and oxygen atoms in total. The molecular weight excluding hydrogens is 676 g/mol. The average Bonchev–Trinajstić information content (AvgIpc) is 3.68. The minimum atomic E-state index is -4.18. The first-order valence-corrected chi connectivity index (χ1v) is 18.9. The molecule has 6 rings (SSSR count). The number of halogens is 1. The van der Waals surface area contributed by atoms with E-state index in [0.717, 1.165) is 33.1 Å². The molecule has 0 aliphatic rings. The van der Waals surface area contributed by atoms with E-state index in [2.05, 4.69) is 0 Å². The Hall–Kier alpha value is -4.85. The summed E-state index contributed by atoms with van der Waals surface area (Å²) in [5, 5.41) is 11.6. The number of aryl methyl sites for hydroxylation is 2. The first-order chi connectivity index (χ1) is 22.8. The van der Waals surface area contributed by atoms with Crippen LogP contribution in [0, 0.1) is 12.7 Å². The van der Waals surface area contributed by atoms with Crippen LogP contribution in [0.15, 0.2) is 106 Å². The van der Waals surface area contributed by atoms with Crippen molar-refractivity contribution in [3.05, 3.63) is 125 Å². The molecule has 1 N–H and O–H groups in total. The predicted octanol–water partition coefficient (Wildman–Crippen LogP) is 7.25. The SMILES string of the molecule is Cc1ccccc1S(=O)(=O)n1ccc2c(S(C)(=O)=O)c(Oc3cccc(-c4nc(Cc5cccc(CCC(=O)O)c5)cs4)c3)c(F)cc21. The number of ether oxygens (including phenoxy) is 1. The summed E-state index contributed by atoms with van der Waals surface area (Å²) >= 11 is 1.40. The average molecular weight is 705 g/mol. The van der Waals surface area contributed by atoms with E-state index in [-0.39, 0.29) is 28.0 Å². The molecule has 0 atom stereocenters. The van der Waals surface area contributed by atoms with E-state index in [9.17, 15) is 21.6 Å². The molecule has 0 spiro atoms. The number of rotatable bonds is 11. The van der Waals surface area contributed by atoms with E-state index < -0.39 is 42.3 Å². The number of carbonyl (C=O) groups is 1. The zero-order valence-corrected chi connectivity index (χ0v) is 28.2.